The molecule has 2 aromatic heterocycles. The van der Waals surface area contributed by atoms with Crippen LogP contribution in [0.25, 0.3) is 11.0 Å². The molecule has 0 unspecified atom stereocenters. The minimum Gasteiger partial charge on any atom is -0.369 e. The fraction of sp³-hybridized carbons (Fsp3) is 0.167. The maximum atomic E-state index is 5.93. The summed E-state index contributed by atoms with van der Waals surface area (Å²) in [5, 5.41) is 3.68. The van der Waals surface area contributed by atoms with Gasteiger partial charge in [0, 0.05) is 6.07 Å². The second-order valence-electron chi connectivity index (χ2n) is 3.98. The maximum Gasteiger partial charge on any atom is 0.201 e. The molecule has 2 N–H and O–H groups in total. The van der Waals surface area contributed by atoms with Crippen LogP contribution in [-0.4, -0.2) is 14.7 Å². The molecule has 0 aliphatic carbocycles. The minimum absolute atomic E-state index is 0.491. The fourth-order valence-corrected chi connectivity index (χ4v) is 1.95. The smallest absolute Gasteiger partial charge is 0.201 e. The molecular weight excluding hydrogens is 216 g/mol. The lowest BCUT2D eigenvalue weighted by atomic mass is 10.2. The molecule has 3 rings (SSSR count). The number of imidazole rings is 1. The zero-order valence-electron chi connectivity index (χ0n) is 9.42. The van der Waals surface area contributed by atoms with Crippen molar-refractivity contribution in [2.75, 3.05) is 5.73 Å². The first kappa shape index (κ1) is 9.89. The zero-order chi connectivity index (χ0) is 11.8. The summed E-state index contributed by atoms with van der Waals surface area (Å²) in [7, 11) is 0. The number of aryl methyl sites for hydroxylation is 1. The van der Waals surface area contributed by atoms with E-state index in [-0.39, 0.29) is 0 Å². The Morgan fingerprint density at radius 1 is 1.35 bits per heavy atom. The van der Waals surface area contributed by atoms with Gasteiger partial charge in [-0.05, 0) is 18.6 Å². The molecule has 0 saturated heterocycles. The molecule has 3 aromatic rings. The van der Waals surface area contributed by atoms with Gasteiger partial charge in [-0.15, -0.1) is 0 Å². The third-order valence-corrected chi connectivity index (χ3v) is 2.82. The summed E-state index contributed by atoms with van der Waals surface area (Å²) in [6, 6.07) is 7.84. The van der Waals surface area contributed by atoms with Crippen LogP contribution in [0.3, 0.4) is 0 Å². The maximum absolute atomic E-state index is 5.93. The van der Waals surface area contributed by atoms with Crippen molar-refractivity contribution in [2.24, 2.45) is 0 Å². The molecule has 0 fully saturated rings. The summed E-state index contributed by atoms with van der Waals surface area (Å²) in [5.41, 5.74) is 8.99. The summed E-state index contributed by atoms with van der Waals surface area (Å²) >= 11 is 0. The number of hydrogen-bond acceptors (Lipinski definition) is 4. The Hall–Kier alpha value is -2.30. The van der Waals surface area contributed by atoms with E-state index < -0.39 is 0 Å². The van der Waals surface area contributed by atoms with E-state index in [0.29, 0.717) is 12.5 Å². The number of nitrogens with zero attached hydrogens (tertiary/aromatic N) is 3. The van der Waals surface area contributed by atoms with E-state index in [9.17, 15) is 0 Å². The Labute approximate surface area is 97.8 Å². The van der Waals surface area contributed by atoms with E-state index >= 15 is 0 Å². The third-order valence-electron chi connectivity index (χ3n) is 2.82. The highest BCUT2D eigenvalue weighted by Crippen LogP contribution is 2.21. The highest BCUT2D eigenvalue weighted by Gasteiger charge is 2.11. The van der Waals surface area contributed by atoms with Crippen LogP contribution in [0, 0.1) is 6.92 Å². The standard InChI is InChI=1S/C12H12N4O/c1-8-3-2-4-10-11(8)15-12(13)16(10)7-9-5-6-14-17-9/h2-6H,7H2,1H3,(H2,13,15). The summed E-state index contributed by atoms with van der Waals surface area (Å²) in [6.45, 7) is 2.57. The van der Waals surface area contributed by atoms with Crippen LogP contribution in [0.5, 0.6) is 0 Å². The van der Waals surface area contributed by atoms with E-state index in [2.05, 4.69) is 10.1 Å². The van der Waals surface area contributed by atoms with Crippen LogP contribution in [-0.2, 0) is 6.54 Å². The van der Waals surface area contributed by atoms with Gasteiger partial charge in [-0.2, -0.15) is 0 Å². The summed E-state index contributed by atoms with van der Waals surface area (Å²) in [6.07, 6.45) is 1.62. The van der Waals surface area contributed by atoms with Crippen molar-refractivity contribution in [1.82, 2.24) is 14.7 Å². The highest BCUT2D eigenvalue weighted by atomic mass is 16.5. The van der Waals surface area contributed by atoms with Gasteiger partial charge < -0.3 is 14.8 Å². The number of benzene rings is 1. The largest absolute Gasteiger partial charge is 0.369 e. The lowest BCUT2D eigenvalue weighted by Crippen LogP contribution is -2.03. The first-order valence-electron chi connectivity index (χ1n) is 5.36. The number of nitrogens with two attached hydrogens (primary N) is 1. The Balaban J connectivity index is 2.16. The lowest BCUT2D eigenvalue weighted by Gasteiger charge is -2.03. The quantitative estimate of drug-likeness (QED) is 0.728. The number of nitrogen functional groups attached to an aromatic ring is 1. The molecule has 1 aromatic carbocycles. The molecule has 0 aliphatic heterocycles. The fourth-order valence-electron chi connectivity index (χ4n) is 1.95. The topological polar surface area (TPSA) is 69.9 Å². The normalized spacial score (nSPS) is 11.1. The lowest BCUT2D eigenvalue weighted by molar-refractivity contribution is 0.378. The van der Waals surface area contributed by atoms with Crippen molar-refractivity contribution < 1.29 is 4.52 Å². The van der Waals surface area contributed by atoms with Crippen molar-refractivity contribution in [3.05, 3.63) is 41.8 Å². The van der Waals surface area contributed by atoms with E-state index in [4.69, 9.17) is 10.3 Å². The highest BCUT2D eigenvalue weighted by molar-refractivity contribution is 5.81. The predicted molar refractivity (Wildman–Crippen MR) is 64.5 cm³/mol. The van der Waals surface area contributed by atoms with E-state index in [1.54, 1.807) is 6.20 Å². The van der Waals surface area contributed by atoms with Crippen LogP contribution < -0.4 is 5.73 Å². The van der Waals surface area contributed by atoms with Gasteiger partial charge >= 0.3 is 0 Å². The molecule has 0 atom stereocenters. The first-order valence-corrected chi connectivity index (χ1v) is 5.36. The number of para-hydroxylation sites is 1. The minimum atomic E-state index is 0.491. The Morgan fingerprint density at radius 2 is 2.24 bits per heavy atom. The molecule has 0 saturated carbocycles. The zero-order valence-corrected chi connectivity index (χ0v) is 9.42. The number of hydrogen-bond donors (Lipinski definition) is 1. The Morgan fingerprint density at radius 3 is 3.00 bits per heavy atom. The molecule has 2 heterocycles. The molecule has 5 nitrogen and oxygen atoms in total. The molecular formula is C12H12N4O. The monoisotopic (exact) mass is 228 g/mol. The third kappa shape index (κ3) is 1.56. The van der Waals surface area contributed by atoms with E-state index in [1.807, 2.05) is 35.8 Å². The van der Waals surface area contributed by atoms with Crippen molar-refractivity contribution in [3.63, 3.8) is 0 Å². The summed E-state index contributed by atoms with van der Waals surface area (Å²) in [4.78, 5) is 4.37. The Kier molecular flexibility index (Phi) is 2.11. The van der Waals surface area contributed by atoms with Gasteiger partial charge in [0.1, 0.15) is 0 Å². The number of rotatable bonds is 2. The van der Waals surface area contributed by atoms with Crippen LogP contribution in [0.4, 0.5) is 5.95 Å². The molecule has 0 amide bonds. The van der Waals surface area contributed by atoms with Crippen molar-refractivity contribution in [3.8, 4) is 0 Å². The molecule has 86 valence electrons. The molecule has 0 spiro atoms. The molecule has 0 bridgehead atoms. The van der Waals surface area contributed by atoms with E-state index in [0.717, 1.165) is 22.4 Å². The van der Waals surface area contributed by atoms with Gasteiger partial charge in [-0.1, -0.05) is 17.3 Å². The molecule has 0 aliphatic rings. The van der Waals surface area contributed by atoms with Gasteiger partial charge in [-0.3, -0.25) is 0 Å². The van der Waals surface area contributed by atoms with Gasteiger partial charge in [0.05, 0.1) is 23.8 Å². The summed E-state index contributed by atoms with van der Waals surface area (Å²) < 4.78 is 7.01. The first-order chi connectivity index (χ1) is 8.25. The number of anilines is 1. The predicted octanol–water partition coefficient (Wildman–Crippen LogP) is 1.96. The second kappa shape index (κ2) is 3.62. The van der Waals surface area contributed by atoms with Crippen LogP contribution in [0.1, 0.15) is 11.3 Å². The SMILES string of the molecule is Cc1cccc2c1nc(N)n2Cc1ccno1. The number of fused-ring (bicyclic) bond motifs is 1. The molecule has 5 heteroatoms. The van der Waals surface area contributed by atoms with Crippen LogP contribution in [0.15, 0.2) is 35.0 Å². The van der Waals surface area contributed by atoms with Crippen LogP contribution in [0.2, 0.25) is 0 Å². The Bertz CT molecular complexity index is 655. The average molecular weight is 228 g/mol. The van der Waals surface area contributed by atoms with Crippen molar-refractivity contribution in [2.45, 2.75) is 13.5 Å². The average Bonchev–Trinajstić information content (AvgIpc) is 2.91. The van der Waals surface area contributed by atoms with Gasteiger partial charge in [0.25, 0.3) is 0 Å². The summed E-state index contributed by atoms with van der Waals surface area (Å²) in [5.74, 6) is 1.25. The molecule has 0 radical (unpaired) electrons. The van der Waals surface area contributed by atoms with Gasteiger partial charge in [-0.25, -0.2) is 4.98 Å². The van der Waals surface area contributed by atoms with Crippen molar-refractivity contribution in [1.29, 1.82) is 0 Å². The van der Waals surface area contributed by atoms with E-state index in [1.165, 1.54) is 0 Å². The van der Waals surface area contributed by atoms with Crippen molar-refractivity contribution >= 4 is 17.0 Å². The number of aromatic nitrogens is 3. The second-order valence-corrected chi connectivity index (χ2v) is 3.98. The van der Waals surface area contributed by atoms with Gasteiger partial charge in [0.15, 0.2) is 5.76 Å². The molecule has 17 heavy (non-hydrogen) atoms. The van der Waals surface area contributed by atoms with Gasteiger partial charge in [0.2, 0.25) is 5.95 Å². The van der Waals surface area contributed by atoms with Crippen LogP contribution >= 0.6 is 0 Å².